The van der Waals surface area contributed by atoms with Crippen molar-refractivity contribution in [3.05, 3.63) is 24.9 Å². The van der Waals surface area contributed by atoms with Crippen LogP contribution in [-0.4, -0.2) is 0 Å². The molecule has 0 heterocycles. The minimum absolute atomic E-state index is 1.65. The Morgan fingerprint density at radius 1 is 1.67 bits per heavy atom. The van der Waals surface area contributed by atoms with Crippen molar-refractivity contribution in [2.45, 2.75) is 0 Å². The Morgan fingerprint density at radius 3 is 2.50 bits per heavy atom. The molecule has 0 spiro atoms. The summed E-state index contributed by atoms with van der Waals surface area (Å²) < 4.78 is 3.59. The maximum atomic E-state index is 3.59. The summed E-state index contributed by atoms with van der Waals surface area (Å²) in [6.07, 6.45) is 5.08. The predicted octanol–water partition coefficient (Wildman–Crippen LogP) is 1.74. The molecule has 0 bridgehead atoms. The molecule has 0 aliphatic rings. The Kier molecular flexibility index (Phi) is 4.26. The molecule has 0 fully saturated rings. The molecule has 0 aromatic carbocycles. The lowest BCUT2D eigenvalue weighted by Gasteiger charge is -1.55. The highest BCUT2D eigenvalue weighted by atomic mass is 31.0. The molecule has 1 atom stereocenters. The van der Waals surface area contributed by atoms with E-state index in [-0.39, 0.29) is 0 Å². The van der Waals surface area contributed by atoms with Gasteiger partial charge in [0, 0.05) is 0 Å². The molecule has 0 saturated carbocycles. The van der Waals surface area contributed by atoms with Gasteiger partial charge in [-0.25, -0.2) is 0 Å². The third-order valence-corrected chi connectivity index (χ3v) is 0.480. The van der Waals surface area contributed by atoms with E-state index in [4.69, 9.17) is 0 Å². The van der Waals surface area contributed by atoms with E-state index in [0.717, 1.165) is 0 Å². The fraction of sp³-hybridized carbons (Fsp3) is 0. The molecule has 32 valence electrons. The number of rotatable bonds is 2. The third kappa shape index (κ3) is 3.58. The van der Waals surface area contributed by atoms with E-state index in [0.29, 0.717) is 0 Å². The Bertz CT molecular complexity index is 65.6. The number of hydrogen-bond donors (Lipinski definition) is 0. The van der Waals surface area contributed by atoms with Crippen LogP contribution in [0.2, 0.25) is 0 Å². The lowest BCUT2D eigenvalue weighted by Crippen LogP contribution is -1.36. The van der Waals surface area contributed by atoms with E-state index in [1.54, 1.807) is 18.4 Å². The molecule has 0 aromatic rings. The zero-order chi connectivity index (χ0) is 4.83. The zero-order valence-corrected chi connectivity index (χ0v) is 4.62. The first-order valence-electron chi connectivity index (χ1n) is 1.59. The van der Waals surface area contributed by atoms with Gasteiger partial charge in [0.05, 0.1) is 6.20 Å². The second-order valence-electron chi connectivity index (χ2n) is 0.726. The van der Waals surface area contributed by atoms with Crippen LogP contribution in [0.1, 0.15) is 0 Å². The summed E-state index contributed by atoms with van der Waals surface area (Å²) in [5, 5.41) is 0. The molecule has 2 heteroatoms. The Balaban J connectivity index is 3.17. The number of hydrogen-bond acceptors (Lipinski definition) is 1. The van der Waals surface area contributed by atoms with E-state index >= 15 is 0 Å². The third-order valence-electron chi connectivity index (χ3n) is 0.308. The Labute approximate surface area is 39.7 Å². The summed E-state index contributed by atoms with van der Waals surface area (Å²) in [7, 11) is 2.22. The van der Waals surface area contributed by atoms with Crippen LogP contribution in [0.5, 0.6) is 0 Å². The van der Waals surface area contributed by atoms with Crippen LogP contribution in [0.3, 0.4) is 0 Å². The maximum absolute atomic E-state index is 3.59. The number of nitrogens with zero attached hydrogens (tertiary/aromatic N) is 1. The summed E-state index contributed by atoms with van der Waals surface area (Å²) in [5.74, 6) is 0. The van der Waals surface area contributed by atoms with E-state index in [1.165, 1.54) is 0 Å². The van der Waals surface area contributed by atoms with Gasteiger partial charge in [0.15, 0.2) is 9.03 Å². The van der Waals surface area contributed by atoms with Crippen LogP contribution in [0.4, 0.5) is 0 Å². The second-order valence-corrected chi connectivity index (χ2v) is 1.02. The van der Waals surface area contributed by atoms with Gasteiger partial charge in [-0.1, -0.05) is 17.4 Å². The average Bonchev–Trinajstić information content (AvgIpc) is 1.61. The normalized spacial score (nSPS) is 8.67. The van der Waals surface area contributed by atoms with Crippen LogP contribution >= 0.6 is 9.03 Å². The quantitative estimate of drug-likeness (QED) is 0.370. The van der Waals surface area contributed by atoms with Gasteiger partial charge in [0.2, 0.25) is 0 Å². The van der Waals surface area contributed by atoms with Crippen molar-refractivity contribution < 1.29 is 0 Å². The summed E-state index contributed by atoms with van der Waals surface area (Å²) in [5.41, 5.74) is 0. The largest absolute Gasteiger partial charge is 0.177 e. The van der Waals surface area contributed by atoms with Crippen molar-refractivity contribution >= 4 is 9.03 Å². The molecule has 0 saturated heterocycles. The maximum Gasteiger partial charge on any atom is 0.177 e. The highest BCUT2D eigenvalue weighted by Gasteiger charge is 1.52. The minimum Gasteiger partial charge on any atom is -0.0990 e. The summed E-state index contributed by atoms with van der Waals surface area (Å²) in [6, 6.07) is 0. The molecule has 0 radical (unpaired) electrons. The SMILES string of the molecule is C=CC=CN=[PH2+]. The molecule has 0 aromatic heterocycles. The van der Waals surface area contributed by atoms with Crippen molar-refractivity contribution in [1.82, 2.24) is 0 Å². The lowest BCUT2D eigenvalue weighted by atomic mass is 10.6. The summed E-state index contributed by atoms with van der Waals surface area (Å²) >= 11 is 0. The molecule has 0 aliphatic heterocycles. The fourth-order valence-corrected chi connectivity index (χ4v) is 0.210. The monoisotopic (exact) mass is 100 g/mol. The Morgan fingerprint density at radius 2 is 2.33 bits per heavy atom. The molecule has 0 amide bonds. The highest BCUT2D eigenvalue weighted by molar-refractivity contribution is 7.04. The van der Waals surface area contributed by atoms with E-state index < -0.39 is 0 Å². The molecule has 1 nitrogen and oxygen atoms in total. The van der Waals surface area contributed by atoms with Gasteiger partial charge in [-0.2, -0.15) is 0 Å². The van der Waals surface area contributed by atoms with Gasteiger partial charge in [-0.15, -0.1) is 0 Å². The average molecular weight is 100 g/mol. The van der Waals surface area contributed by atoms with Crippen LogP contribution < -0.4 is 0 Å². The van der Waals surface area contributed by atoms with E-state index in [1.807, 2.05) is 0 Å². The molecular formula is C4H7NP+. The summed E-state index contributed by atoms with van der Waals surface area (Å²) in [4.78, 5) is 0. The van der Waals surface area contributed by atoms with E-state index in [9.17, 15) is 0 Å². The molecule has 0 rings (SSSR count). The van der Waals surface area contributed by atoms with Gasteiger partial charge >= 0.3 is 0 Å². The molecule has 0 N–H and O–H groups in total. The van der Waals surface area contributed by atoms with Gasteiger partial charge in [0.1, 0.15) is 0 Å². The minimum atomic E-state index is 1.65. The first-order valence-corrected chi connectivity index (χ1v) is 2.11. The predicted molar refractivity (Wildman–Crippen MR) is 31.5 cm³/mol. The van der Waals surface area contributed by atoms with Crippen molar-refractivity contribution in [3.63, 3.8) is 0 Å². The molecule has 0 aliphatic carbocycles. The first-order chi connectivity index (χ1) is 2.91. The van der Waals surface area contributed by atoms with Crippen LogP contribution in [0.25, 0.3) is 0 Å². The molecule has 6 heavy (non-hydrogen) atoms. The number of allylic oxidation sites excluding steroid dienone is 2. The smallest absolute Gasteiger partial charge is 0.0990 e. The van der Waals surface area contributed by atoms with Crippen LogP contribution in [-0.2, 0) is 0 Å². The molecular weight excluding hydrogens is 93.0 g/mol. The van der Waals surface area contributed by atoms with Gasteiger partial charge in [-0.3, -0.25) is 0 Å². The van der Waals surface area contributed by atoms with Crippen molar-refractivity contribution in [2.75, 3.05) is 0 Å². The summed E-state index contributed by atoms with van der Waals surface area (Å²) in [6.45, 7) is 3.44. The van der Waals surface area contributed by atoms with Gasteiger partial charge < -0.3 is 0 Å². The second kappa shape index (κ2) is 4.58. The van der Waals surface area contributed by atoms with Crippen LogP contribution in [0, 0.1) is 0 Å². The molecule has 1 unspecified atom stereocenters. The van der Waals surface area contributed by atoms with E-state index in [2.05, 4.69) is 20.4 Å². The highest BCUT2D eigenvalue weighted by Crippen LogP contribution is 1.76. The fourth-order valence-electron chi connectivity index (χ4n) is 0.111. The first kappa shape index (κ1) is 5.58. The van der Waals surface area contributed by atoms with Crippen LogP contribution in [0.15, 0.2) is 29.7 Å². The topological polar surface area (TPSA) is 12.4 Å². The lowest BCUT2D eigenvalue weighted by molar-refractivity contribution is 1.65. The van der Waals surface area contributed by atoms with Gasteiger partial charge in [-0.05, 0) is 6.08 Å². The van der Waals surface area contributed by atoms with Gasteiger partial charge in [0.25, 0.3) is 0 Å². The standard InChI is InChI=1S/C4H6NP/c1-2-3-4-5-6/h2-4,6H,1H2/p+1. The Hall–Kier alpha value is -0.420. The van der Waals surface area contributed by atoms with Crippen molar-refractivity contribution in [2.24, 2.45) is 4.74 Å². The van der Waals surface area contributed by atoms with Crippen molar-refractivity contribution in [1.29, 1.82) is 0 Å². The zero-order valence-electron chi connectivity index (χ0n) is 3.46. The van der Waals surface area contributed by atoms with Crippen molar-refractivity contribution in [3.8, 4) is 0 Å².